The fourth-order valence-electron chi connectivity index (χ4n) is 0.683. The van der Waals surface area contributed by atoms with Crippen LogP contribution in [0.2, 0.25) is 0 Å². The van der Waals surface area contributed by atoms with Gasteiger partial charge in [0.25, 0.3) is 5.91 Å². The van der Waals surface area contributed by atoms with Crippen LogP contribution in [0, 0.1) is 0 Å². The largest absolute Gasteiger partial charge is 0.384 e. The molecule has 0 spiro atoms. The van der Waals surface area contributed by atoms with Gasteiger partial charge < -0.3 is 5.11 Å². The van der Waals surface area contributed by atoms with Gasteiger partial charge in [0.2, 0.25) is 0 Å². The Bertz CT molecular complexity index is 228. The first-order valence-electron chi connectivity index (χ1n) is 2.85. The van der Waals surface area contributed by atoms with Gasteiger partial charge in [-0.15, -0.1) is 6.58 Å². The Labute approximate surface area is 58.4 Å². The van der Waals surface area contributed by atoms with Crippen molar-refractivity contribution in [2.24, 2.45) is 4.99 Å². The van der Waals surface area contributed by atoms with Crippen LogP contribution in [0.4, 0.5) is 0 Å². The summed E-state index contributed by atoms with van der Waals surface area (Å²) in [4.78, 5) is 14.1. The van der Waals surface area contributed by atoms with E-state index in [0.717, 1.165) is 0 Å². The highest BCUT2D eigenvalue weighted by molar-refractivity contribution is 6.08. The second kappa shape index (κ2) is 2.58. The average Bonchev–Trinajstić information content (AvgIpc) is 2.34. The maximum atomic E-state index is 10.7. The van der Waals surface area contributed by atoms with Gasteiger partial charge in [-0.3, -0.25) is 4.79 Å². The number of aliphatic hydroxyl groups is 1. The third-order valence-electron chi connectivity index (χ3n) is 1.23. The van der Waals surface area contributed by atoms with E-state index in [0.29, 0.717) is 0 Å². The van der Waals surface area contributed by atoms with E-state index in [1.165, 1.54) is 18.4 Å². The molecule has 0 saturated heterocycles. The number of carbonyl (C=O) groups is 1. The van der Waals surface area contributed by atoms with Crippen LogP contribution in [0.25, 0.3) is 0 Å². The van der Waals surface area contributed by atoms with Crippen LogP contribution in [0.3, 0.4) is 0 Å². The molecule has 0 radical (unpaired) electrons. The molecule has 0 aromatic carbocycles. The molecule has 0 aromatic heterocycles. The molecular weight excluding hydrogens is 130 g/mol. The quantitative estimate of drug-likeness (QED) is 0.547. The Kier molecular flexibility index (Phi) is 1.78. The third kappa shape index (κ3) is 1.04. The fraction of sp³-hybridized carbons (Fsp3) is 0.143. The molecule has 3 nitrogen and oxygen atoms in total. The number of allylic oxidation sites excluding steroid dienone is 1. The second-order valence-electron chi connectivity index (χ2n) is 1.89. The predicted octanol–water partition coefficient (Wildman–Crippen LogP) is 0.0707. The van der Waals surface area contributed by atoms with Crippen LogP contribution < -0.4 is 0 Å². The molecule has 1 rings (SSSR count). The number of nitrogens with zero attached hydrogens (tertiary/aromatic N) is 1. The molecule has 1 aliphatic heterocycles. The lowest BCUT2D eigenvalue weighted by molar-refractivity contribution is -0.114. The highest BCUT2D eigenvalue weighted by atomic mass is 16.3. The van der Waals surface area contributed by atoms with Gasteiger partial charge in [-0.2, -0.15) is 0 Å². The summed E-state index contributed by atoms with van der Waals surface area (Å²) in [7, 11) is 0. The zero-order valence-corrected chi connectivity index (χ0v) is 5.32. The number of carbonyl (C=O) groups excluding carboxylic acids is 1. The summed E-state index contributed by atoms with van der Waals surface area (Å²) in [5.41, 5.74) is 0.287. The number of amides is 1. The van der Waals surface area contributed by atoms with Crippen molar-refractivity contribution in [3.05, 3.63) is 24.3 Å². The van der Waals surface area contributed by atoms with E-state index in [4.69, 9.17) is 5.11 Å². The van der Waals surface area contributed by atoms with Gasteiger partial charge in [0.1, 0.15) is 6.10 Å². The van der Waals surface area contributed by atoms with Crippen LogP contribution in [-0.4, -0.2) is 23.3 Å². The molecular formula is C7H7NO2. The minimum atomic E-state index is -0.880. The predicted molar refractivity (Wildman–Crippen MR) is 37.8 cm³/mol. The van der Waals surface area contributed by atoms with Gasteiger partial charge in [0, 0.05) is 6.21 Å². The molecule has 1 aliphatic rings. The first-order chi connectivity index (χ1) is 4.75. The van der Waals surface area contributed by atoms with E-state index in [-0.39, 0.29) is 11.5 Å². The molecule has 3 heteroatoms. The van der Waals surface area contributed by atoms with E-state index in [1.54, 1.807) is 0 Å². The summed E-state index contributed by atoms with van der Waals surface area (Å²) < 4.78 is 0. The lowest BCUT2D eigenvalue weighted by atomic mass is 10.1. The SMILES string of the molecule is C=CC(O)C1=CC=NC1=O. The molecule has 10 heavy (non-hydrogen) atoms. The van der Waals surface area contributed by atoms with Crippen molar-refractivity contribution in [2.45, 2.75) is 6.10 Å². The van der Waals surface area contributed by atoms with Crippen molar-refractivity contribution in [2.75, 3.05) is 0 Å². The molecule has 1 N–H and O–H groups in total. The van der Waals surface area contributed by atoms with Gasteiger partial charge >= 0.3 is 0 Å². The monoisotopic (exact) mass is 137 g/mol. The Hall–Kier alpha value is -1.22. The summed E-state index contributed by atoms with van der Waals surface area (Å²) >= 11 is 0. The molecule has 1 heterocycles. The summed E-state index contributed by atoms with van der Waals surface area (Å²) in [5, 5.41) is 9.04. The fourth-order valence-corrected chi connectivity index (χ4v) is 0.683. The van der Waals surface area contributed by atoms with Gasteiger partial charge in [0.15, 0.2) is 0 Å². The number of aliphatic hydroxyl groups excluding tert-OH is 1. The summed E-state index contributed by atoms with van der Waals surface area (Å²) in [6, 6.07) is 0. The van der Waals surface area contributed by atoms with Gasteiger partial charge in [-0.05, 0) is 6.08 Å². The van der Waals surface area contributed by atoms with Crippen LogP contribution in [0.15, 0.2) is 29.3 Å². The minimum absolute atomic E-state index is 0.287. The number of hydrogen-bond donors (Lipinski definition) is 1. The normalized spacial score (nSPS) is 18.9. The Morgan fingerprint density at radius 1 is 1.80 bits per heavy atom. The van der Waals surface area contributed by atoms with Crippen LogP contribution >= 0.6 is 0 Å². The Balaban J connectivity index is 2.76. The molecule has 1 atom stereocenters. The molecule has 52 valence electrons. The third-order valence-corrected chi connectivity index (χ3v) is 1.23. The number of hydrogen-bond acceptors (Lipinski definition) is 2. The highest BCUT2D eigenvalue weighted by Crippen LogP contribution is 2.08. The van der Waals surface area contributed by atoms with Gasteiger partial charge in [-0.25, -0.2) is 4.99 Å². The van der Waals surface area contributed by atoms with Crippen molar-refractivity contribution in [3.8, 4) is 0 Å². The standard InChI is InChI=1S/C7H7NO2/c1-2-6(9)5-3-4-8-7(5)10/h2-4,6,9H,1H2. The van der Waals surface area contributed by atoms with E-state index in [1.807, 2.05) is 0 Å². The van der Waals surface area contributed by atoms with Crippen LogP contribution in [0.5, 0.6) is 0 Å². The lowest BCUT2D eigenvalue weighted by Gasteiger charge is -2.01. The van der Waals surface area contributed by atoms with Crippen LogP contribution in [-0.2, 0) is 4.79 Å². The zero-order valence-electron chi connectivity index (χ0n) is 5.32. The maximum absolute atomic E-state index is 10.7. The van der Waals surface area contributed by atoms with E-state index < -0.39 is 6.10 Å². The Morgan fingerprint density at radius 2 is 2.50 bits per heavy atom. The summed E-state index contributed by atoms with van der Waals surface area (Å²) in [6.45, 7) is 3.34. The van der Waals surface area contributed by atoms with E-state index in [9.17, 15) is 4.79 Å². The van der Waals surface area contributed by atoms with Gasteiger partial charge in [0.05, 0.1) is 5.57 Å². The molecule has 0 bridgehead atoms. The topological polar surface area (TPSA) is 49.7 Å². The lowest BCUT2D eigenvalue weighted by Crippen LogP contribution is -2.11. The molecule has 0 aliphatic carbocycles. The zero-order chi connectivity index (χ0) is 7.56. The van der Waals surface area contributed by atoms with Crippen molar-refractivity contribution in [3.63, 3.8) is 0 Å². The number of aliphatic imine (C=N–C) groups is 1. The molecule has 1 amide bonds. The average molecular weight is 137 g/mol. The van der Waals surface area contributed by atoms with Crippen LogP contribution in [0.1, 0.15) is 0 Å². The molecule has 0 aromatic rings. The Morgan fingerprint density at radius 3 is 2.90 bits per heavy atom. The van der Waals surface area contributed by atoms with Crippen molar-refractivity contribution >= 4 is 12.1 Å². The van der Waals surface area contributed by atoms with E-state index in [2.05, 4.69) is 11.6 Å². The highest BCUT2D eigenvalue weighted by Gasteiger charge is 2.16. The molecule has 0 saturated carbocycles. The first-order valence-corrected chi connectivity index (χ1v) is 2.85. The number of rotatable bonds is 2. The maximum Gasteiger partial charge on any atom is 0.275 e. The van der Waals surface area contributed by atoms with Crippen molar-refractivity contribution < 1.29 is 9.90 Å². The second-order valence-corrected chi connectivity index (χ2v) is 1.89. The summed E-state index contributed by atoms with van der Waals surface area (Å²) in [6.07, 6.45) is 3.26. The van der Waals surface area contributed by atoms with Crippen molar-refractivity contribution in [1.82, 2.24) is 0 Å². The van der Waals surface area contributed by atoms with Crippen molar-refractivity contribution in [1.29, 1.82) is 0 Å². The molecule has 1 unspecified atom stereocenters. The minimum Gasteiger partial charge on any atom is -0.384 e. The smallest absolute Gasteiger partial charge is 0.275 e. The molecule has 0 fully saturated rings. The summed E-state index contributed by atoms with van der Waals surface area (Å²) in [5.74, 6) is -0.382. The first kappa shape index (κ1) is 6.89. The van der Waals surface area contributed by atoms with E-state index >= 15 is 0 Å². The van der Waals surface area contributed by atoms with Gasteiger partial charge in [-0.1, -0.05) is 6.08 Å².